The van der Waals surface area contributed by atoms with Gasteiger partial charge in [-0.1, -0.05) is 53.8 Å². The van der Waals surface area contributed by atoms with E-state index in [1.54, 1.807) is 97.2 Å². The number of aromatic hydroxyl groups is 1. The number of ether oxygens (including phenoxy) is 1. The molecule has 11 nitrogen and oxygen atoms in total. The number of phenolic OH excluding ortho intramolecular Hbond substituents is 1. The summed E-state index contributed by atoms with van der Waals surface area (Å²) in [5.41, 5.74) is 2.40. The summed E-state index contributed by atoms with van der Waals surface area (Å²) in [7, 11) is 0. The molecule has 0 radical (unpaired) electrons. The predicted molar refractivity (Wildman–Crippen MR) is 190 cm³/mol. The van der Waals surface area contributed by atoms with Crippen molar-refractivity contribution in [2.75, 3.05) is 18.5 Å². The number of benzene rings is 3. The topological polar surface area (TPSA) is 146 Å². The van der Waals surface area contributed by atoms with E-state index < -0.39 is 23.8 Å². The molecule has 12 heteroatoms. The van der Waals surface area contributed by atoms with Crippen molar-refractivity contribution < 1.29 is 29.3 Å². The minimum absolute atomic E-state index is 0.0000791. The molecule has 3 aromatic carbocycles. The molecule has 2 heterocycles. The summed E-state index contributed by atoms with van der Waals surface area (Å²) in [6.45, 7) is 5.74. The van der Waals surface area contributed by atoms with Crippen LogP contribution in [0.15, 0.2) is 79.0 Å². The Kier molecular flexibility index (Phi) is 11.5. The van der Waals surface area contributed by atoms with E-state index in [-0.39, 0.29) is 30.7 Å². The van der Waals surface area contributed by atoms with E-state index in [9.17, 15) is 24.6 Å². The zero-order chi connectivity index (χ0) is 35.8. The van der Waals surface area contributed by atoms with Crippen molar-refractivity contribution in [1.29, 1.82) is 0 Å². The summed E-state index contributed by atoms with van der Waals surface area (Å²) in [6, 6.07) is 18.8. The van der Waals surface area contributed by atoms with Crippen molar-refractivity contribution in [2.24, 2.45) is 0 Å². The first kappa shape index (κ1) is 36.0. The highest BCUT2D eigenvalue weighted by atomic mass is 35.5. The second kappa shape index (κ2) is 15.9. The highest BCUT2D eigenvalue weighted by molar-refractivity contribution is 6.31. The first-order chi connectivity index (χ1) is 23.9. The van der Waals surface area contributed by atoms with Gasteiger partial charge in [-0.25, -0.2) is 4.79 Å². The summed E-state index contributed by atoms with van der Waals surface area (Å²) in [4.78, 5) is 41.9. The Hall–Kier alpha value is -5.31. The molecule has 0 spiro atoms. The fourth-order valence-electron chi connectivity index (χ4n) is 5.62. The van der Waals surface area contributed by atoms with Crippen LogP contribution in [-0.2, 0) is 20.9 Å². The molecule has 3 amide bonds. The Labute approximate surface area is 296 Å². The maximum atomic E-state index is 14.0. The number of piperidine rings is 1. The molecule has 4 aromatic rings. The number of phenols is 1. The molecule has 0 bridgehead atoms. The molecule has 1 saturated heterocycles. The average Bonchev–Trinajstić information content (AvgIpc) is 3.49. The Morgan fingerprint density at radius 1 is 1.04 bits per heavy atom. The highest BCUT2D eigenvalue weighted by Gasteiger charge is 2.37. The van der Waals surface area contributed by atoms with Crippen LogP contribution in [0.2, 0.25) is 5.02 Å². The van der Waals surface area contributed by atoms with Gasteiger partial charge in [-0.05, 0) is 88.1 Å². The van der Waals surface area contributed by atoms with Crippen molar-refractivity contribution in [1.82, 2.24) is 20.0 Å². The third kappa shape index (κ3) is 9.22. The first-order valence-electron chi connectivity index (χ1n) is 16.4. The quantitative estimate of drug-likeness (QED) is 0.168. The number of carbonyl (C=O) groups excluding carboxylic acids is 3. The third-order valence-corrected chi connectivity index (χ3v) is 8.16. The number of nitrogens with zero attached hydrogens (tertiary/aromatic N) is 3. The minimum atomic E-state index is -1.03. The van der Waals surface area contributed by atoms with Gasteiger partial charge < -0.3 is 30.5 Å². The van der Waals surface area contributed by atoms with Crippen molar-refractivity contribution in [3.05, 3.63) is 101 Å². The van der Waals surface area contributed by atoms with E-state index in [2.05, 4.69) is 27.6 Å². The van der Waals surface area contributed by atoms with Crippen LogP contribution in [0.4, 0.5) is 10.5 Å². The molecule has 4 N–H and O–H groups in total. The van der Waals surface area contributed by atoms with Crippen LogP contribution < -0.4 is 10.6 Å². The Bertz CT molecular complexity index is 1890. The molecule has 1 aromatic heterocycles. The van der Waals surface area contributed by atoms with Crippen LogP contribution in [-0.4, -0.2) is 67.6 Å². The lowest BCUT2D eigenvalue weighted by molar-refractivity contribution is -0.142. The highest BCUT2D eigenvalue weighted by Crippen LogP contribution is 2.33. The molecule has 5 rings (SSSR count). The van der Waals surface area contributed by atoms with Crippen LogP contribution in [0.1, 0.15) is 62.8 Å². The fourth-order valence-corrected chi connectivity index (χ4v) is 5.79. The monoisotopic (exact) mass is 697 g/mol. The Morgan fingerprint density at radius 3 is 2.48 bits per heavy atom. The summed E-state index contributed by atoms with van der Waals surface area (Å²) in [5.74, 6) is 5.47. The number of aromatic nitrogens is 2. The fraction of sp³-hybridized carbons (Fsp3) is 0.316. The number of carbonyl (C=O) groups is 3. The largest absolute Gasteiger partial charge is 0.507 e. The van der Waals surface area contributed by atoms with Gasteiger partial charge in [0, 0.05) is 34.6 Å². The number of alkyl carbamates (subject to hydrolysis) is 1. The van der Waals surface area contributed by atoms with Crippen molar-refractivity contribution in [2.45, 2.75) is 64.3 Å². The van der Waals surface area contributed by atoms with E-state index in [0.29, 0.717) is 51.6 Å². The van der Waals surface area contributed by atoms with Crippen LogP contribution in [0.25, 0.3) is 11.3 Å². The lowest BCUT2D eigenvalue weighted by atomic mass is 9.98. The number of nitrogens with one attached hydrogen (secondary N) is 2. The lowest BCUT2D eigenvalue weighted by Gasteiger charge is -2.37. The molecular weight excluding hydrogens is 658 g/mol. The second-order valence-corrected chi connectivity index (χ2v) is 13.3. The molecule has 1 aliphatic heterocycles. The van der Waals surface area contributed by atoms with E-state index in [1.807, 2.05) is 6.07 Å². The molecule has 0 aliphatic carbocycles. The van der Waals surface area contributed by atoms with Crippen LogP contribution in [0, 0.1) is 11.8 Å². The van der Waals surface area contributed by atoms with E-state index in [0.717, 1.165) is 12.8 Å². The standard InChI is InChI=1S/C38H40ClN5O6/c1-38(2,3)50-37(49)41-34(26-9-5-4-6-10-26)36(48)44-20-8-7-11-31(44)35(47)40-29-17-13-25(14-18-29)12-15-27-24-43(21-22-45)42-33(27)30-23-28(39)16-19-32(30)46/h4-6,9-10,13-14,16-19,23-24,31,34,45-46H,7-8,11,20-22H2,1-3H3,(H,40,47)(H,41,49). The first-order valence-corrected chi connectivity index (χ1v) is 16.7. The number of likely N-dealkylation sites (tertiary alicyclic amines) is 1. The molecule has 2 unspecified atom stereocenters. The van der Waals surface area contributed by atoms with Gasteiger partial charge in [0.1, 0.15) is 29.1 Å². The number of aliphatic hydroxyl groups excluding tert-OH is 1. The van der Waals surface area contributed by atoms with E-state index in [4.69, 9.17) is 16.3 Å². The number of hydrogen-bond donors (Lipinski definition) is 4. The molecule has 2 atom stereocenters. The van der Waals surface area contributed by atoms with Gasteiger partial charge >= 0.3 is 6.09 Å². The number of anilines is 1. The zero-order valence-electron chi connectivity index (χ0n) is 28.1. The normalized spacial score (nSPS) is 15.0. The van der Waals surface area contributed by atoms with Gasteiger partial charge in [0.2, 0.25) is 5.91 Å². The van der Waals surface area contributed by atoms with Gasteiger partial charge in [-0.15, -0.1) is 0 Å². The van der Waals surface area contributed by atoms with Gasteiger partial charge in [-0.3, -0.25) is 14.3 Å². The number of amides is 3. The maximum absolute atomic E-state index is 14.0. The number of hydrogen-bond acceptors (Lipinski definition) is 7. The maximum Gasteiger partial charge on any atom is 0.408 e. The summed E-state index contributed by atoms with van der Waals surface area (Å²) in [5, 5.41) is 30.4. The number of rotatable bonds is 8. The van der Waals surface area contributed by atoms with Crippen molar-refractivity contribution >= 4 is 35.2 Å². The summed E-state index contributed by atoms with van der Waals surface area (Å²) < 4.78 is 6.99. The molecule has 260 valence electrons. The van der Waals surface area contributed by atoms with Gasteiger partial charge in [0.05, 0.1) is 18.7 Å². The SMILES string of the molecule is CC(C)(C)OC(=O)NC(C(=O)N1CCCCC1C(=O)Nc1ccc(C#Cc2cn(CCO)nc2-c2cc(Cl)ccc2O)cc1)c1ccccc1. The summed E-state index contributed by atoms with van der Waals surface area (Å²) in [6.07, 6.45) is 2.95. The number of halogens is 1. The Morgan fingerprint density at radius 2 is 1.78 bits per heavy atom. The van der Waals surface area contributed by atoms with Gasteiger partial charge in [0.15, 0.2) is 0 Å². The van der Waals surface area contributed by atoms with E-state index >= 15 is 0 Å². The van der Waals surface area contributed by atoms with Gasteiger partial charge in [0.25, 0.3) is 5.91 Å². The van der Waals surface area contributed by atoms with Crippen LogP contribution in [0.3, 0.4) is 0 Å². The zero-order valence-corrected chi connectivity index (χ0v) is 28.9. The van der Waals surface area contributed by atoms with Crippen LogP contribution >= 0.6 is 11.6 Å². The average molecular weight is 698 g/mol. The van der Waals surface area contributed by atoms with Crippen molar-refractivity contribution in [3.63, 3.8) is 0 Å². The summed E-state index contributed by atoms with van der Waals surface area (Å²) >= 11 is 6.17. The third-order valence-electron chi connectivity index (χ3n) is 7.93. The Balaban J connectivity index is 1.31. The van der Waals surface area contributed by atoms with Crippen LogP contribution in [0.5, 0.6) is 5.75 Å². The van der Waals surface area contributed by atoms with Crippen molar-refractivity contribution in [3.8, 4) is 28.8 Å². The molecular formula is C38H40ClN5O6. The molecule has 1 aliphatic rings. The second-order valence-electron chi connectivity index (χ2n) is 12.9. The van der Waals surface area contributed by atoms with Gasteiger partial charge in [-0.2, -0.15) is 5.10 Å². The molecule has 0 saturated carbocycles. The molecule has 50 heavy (non-hydrogen) atoms. The minimum Gasteiger partial charge on any atom is -0.507 e. The number of aliphatic hydroxyl groups is 1. The molecule has 1 fully saturated rings. The smallest absolute Gasteiger partial charge is 0.408 e. The lowest BCUT2D eigenvalue weighted by Crippen LogP contribution is -2.53. The van der Waals surface area contributed by atoms with E-state index in [1.165, 1.54) is 6.07 Å². The predicted octanol–water partition coefficient (Wildman–Crippen LogP) is 5.89.